The molecular weight excluding hydrogens is 952 g/mol. The zero-order valence-corrected chi connectivity index (χ0v) is 39.9. The quantitative estimate of drug-likeness (QED) is 0.0492. The largest absolute Gasteiger partial charge is 0.400 e. The Balaban J connectivity index is 0.000000198. The van der Waals surface area contributed by atoms with Crippen molar-refractivity contribution in [3.63, 3.8) is 0 Å². The lowest BCUT2D eigenvalue weighted by Gasteiger charge is -2.33. The van der Waals surface area contributed by atoms with Crippen molar-refractivity contribution in [1.29, 1.82) is 0 Å². The molecule has 2 aliphatic heterocycles. The monoisotopic (exact) mass is 1000 g/mol. The average Bonchev–Trinajstić information content (AvgIpc) is 4.06. The molecule has 7 rings (SSSR count). The van der Waals surface area contributed by atoms with Crippen molar-refractivity contribution in [1.82, 2.24) is 9.78 Å². The third-order valence-electron chi connectivity index (χ3n) is 11.5. The fourth-order valence-corrected chi connectivity index (χ4v) is 9.22. The molecule has 2 saturated heterocycles. The van der Waals surface area contributed by atoms with Gasteiger partial charge in [-0.1, -0.05) is 46.4 Å². The minimum Gasteiger partial charge on any atom is -0.379 e. The van der Waals surface area contributed by atoms with Crippen LogP contribution < -0.4 is 21.1 Å². The minimum absolute atomic E-state index is 0.0614. The van der Waals surface area contributed by atoms with Gasteiger partial charge in [-0.2, -0.15) is 31.4 Å². The van der Waals surface area contributed by atoms with Crippen molar-refractivity contribution < 1.29 is 40.6 Å². The Bertz CT molecular complexity index is 2230. The molecule has 4 aromatic carbocycles. The van der Waals surface area contributed by atoms with Crippen molar-refractivity contribution >= 4 is 63.5 Å². The number of rotatable bonds is 14. The number of halogens is 10. The first-order valence-electron chi connectivity index (χ1n) is 21.4. The van der Waals surface area contributed by atoms with Crippen molar-refractivity contribution in [3.05, 3.63) is 135 Å². The fraction of sp³-hybridized carbons (Fsp3) is 0.426. The van der Waals surface area contributed by atoms with Gasteiger partial charge in [0, 0.05) is 102 Å². The maximum Gasteiger partial charge on any atom is 0.400 e. The first-order valence-corrected chi connectivity index (χ1v) is 22.9. The summed E-state index contributed by atoms with van der Waals surface area (Å²) >= 11 is 23.9. The summed E-state index contributed by atoms with van der Waals surface area (Å²) in [6, 6.07) is 24.4. The molecule has 1 aromatic heterocycles. The number of nitrogens with zero attached hydrogens (tertiary/aromatic N) is 4. The summed E-state index contributed by atoms with van der Waals surface area (Å²) in [6.07, 6.45) is -4.61. The standard InChI is InChI=1S/C20H16Cl2F3N3.C17H16Cl2F3N3.C10H22O3/c21-15-10-14(11-16(22)12-15)19(20(23,24)25)6-9-27(13-19)17-2-4-18(5-3-17)28-8-1-7-26-28;18-12-7-11(8-13(19)9-12)16(17(20,21)22)5-6-25(10-16)15-3-1-14(24-23)2-4-15;1-5-11-9(4)8-10(12-6-2)13-7-3/h1-5,7-8,10-12H,6,9,13H2;1-4,7-9,24H,5-6,10,23H2;9-10H,5-8H2,1-4H3. The molecule has 360 valence electrons. The normalized spacial score (nSPS) is 19.0. The van der Waals surface area contributed by atoms with E-state index in [1.165, 1.54) is 36.4 Å². The smallest absolute Gasteiger partial charge is 0.379 e. The molecule has 0 spiro atoms. The molecule has 3 atom stereocenters. The van der Waals surface area contributed by atoms with E-state index in [9.17, 15) is 26.3 Å². The third-order valence-corrected chi connectivity index (χ3v) is 12.4. The molecular formula is C47H54Cl4F6N6O3. The van der Waals surface area contributed by atoms with Crippen LogP contribution in [0.15, 0.2) is 103 Å². The highest BCUT2D eigenvalue weighted by Crippen LogP contribution is 2.51. The van der Waals surface area contributed by atoms with Crippen molar-refractivity contribution in [2.75, 3.05) is 61.2 Å². The van der Waals surface area contributed by atoms with E-state index in [0.29, 0.717) is 24.6 Å². The number of alkyl halides is 6. The number of anilines is 3. The minimum atomic E-state index is -4.43. The van der Waals surface area contributed by atoms with Gasteiger partial charge in [0.2, 0.25) is 0 Å². The van der Waals surface area contributed by atoms with Gasteiger partial charge >= 0.3 is 12.4 Å². The van der Waals surface area contributed by atoms with Crippen molar-refractivity contribution in [3.8, 4) is 5.69 Å². The number of nitrogens with two attached hydrogens (primary N) is 1. The number of hydrazine groups is 1. The summed E-state index contributed by atoms with van der Waals surface area (Å²) < 4.78 is 103. The van der Waals surface area contributed by atoms with Crippen LogP contribution in [0.4, 0.5) is 43.4 Å². The molecule has 9 nitrogen and oxygen atoms in total. The number of hydrogen-bond acceptors (Lipinski definition) is 8. The molecule has 0 radical (unpaired) electrons. The van der Waals surface area contributed by atoms with Crippen LogP contribution in [0.1, 0.15) is 58.1 Å². The van der Waals surface area contributed by atoms with Gasteiger partial charge in [-0.25, -0.2) is 4.68 Å². The second-order valence-electron chi connectivity index (χ2n) is 15.8. The Hall–Kier alpha value is -3.93. The third kappa shape index (κ3) is 13.2. The number of benzene rings is 4. The highest BCUT2D eigenvalue weighted by molar-refractivity contribution is 6.35. The molecule has 2 aliphatic rings. The maximum absolute atomic E-state index is 14.2. The number of aromatic nitrogens is 2. The van der Waals surface area contributed by atoms with Crippen LogP contribution in [0.2, 0.25) is 20.1 Å². The summed E-state index contributed by atoms with van der Waals surface area (Å²) in [6.45, 7) is 10.3. The highest BCUT2D eigenvalue weighted by atomic mass is 35.5. The number of nitrogens with one attached hydrogen (secondary N) is 1. The van der Waals surface area contributed by atoms with Crippen molar-refractivity contribution in [2.45, 2.75) is 82.5 Å². The summed E-state index contributed by atoms with van der Waals surface area (Å²) in [4.78, 5) is 3.46. The molecule has 66 heavy (non-hydrogen) atoms. The van der Waals surface area contributed by atoms with Gasteiger partial charge in [0.05, 0.1) is 11.8 Å². The SMILES string of the molecule is CCOC(C)CC(OCC)OCC.FC(F)(F)C1(c2cc(Cl)cc(Cl)c2)CCN(c2ccc(-n3cccn3)cc2)C1.NNc1ccc(N2CCC(c3cc(Cl)cc(Cl)c3)(C(F)(F)F)C2)cc1. The van der Waals surface area contributed by atoms with E-state index in [4.69, 9.17) is 66.5 Å². The first kappa shape index (κ1) is 53.0. The summed E-state index contributed by atoms with van der Waals surface area (Å²) in [5, 5.41) is 4.95. The van der Waals surface area contributed by atoms with Gasteiger partial charge < -0.3 is 29.4 Å². The van der Waals surface area contributed by atoms with Gasteiger partial charge in [0.1, 0.15) is 10.8 Å². The average molecular weight is 1010 g/mol. The summed E-state index contributed by atoms with van der Waals surface area (Å²) in [5.41, 5.74) is 1.65. The molecule has 3 heterocycles. The summed E-state index contributed by atoms with van der Waals surface area (Å²) in [5.74, 6) is 5.32. The molecule has 2 fully saturated rings. The zero-order valence-electron chi connectivity index (χ0n) is 36.9. The van der Waals surface area contributed by atoms with E-state index < -0.39 is 23.2 Å². The van der Waals surface area contributed by atoms with Crippen LogP contribution in [-0.4, -0.2) is 80.5 Å². The van der Waals surface area contributed by atoms with E-state index in [-0.39, 0.29) is 82.6 Å². The predicted molar refractivity (Wildman–Crippen MR) is 253 cm³/mol. The van der Waals surface area contributed by atoms with Crippen LogP contribution in [0.3, 0.4) is 0 Å². The Morgan fingerprint density at radius 2 is 1.06 bits per heavy atom. The maximum atomic E-state index is 14.2. The Morgan fingerprint density at radius 1 is 0.652 bits per heavy atom. The van der Waals surface area contributed by atoms with Crippen LogP contribution in [0.25, 0.3) is 5.69 Å². The van der Waals surface area contributed by atoms with E-state index in [2.05, 4.69) is 10.5 Å². The van der Waals surface area contributed by atoms with Crippen LogP contribution >= 0.6 is 46.4 Å². The van der Waals surface area contributed by atoms with Gasteiger partial charge in [0.15, 0.2) is 6.29 Å². The molecule has 0 bridgehead atoms. The van der Waals surface area contributed by atoms with Crippen LogP contribution in [0.5, 0.6) is 0 Å². The molecule has 0 amide bonds. The molecule has 5 aromatic rings. The Labute approximate surface area is 401 Å². The predicted octanol–water partition coefficient (Wildman–Crippen LogP) is 13.1. The van der Waals surface area contributed by atoms with Crippen molar-refractivity contribution in [2.24, 2.45) is 5.84 Å². The number of ether oxygens (including phenoxy) is 3. The Kier molecular flexibility index (Phi) is 18.8. The highest BCUT2D eigenvalue weighted by Gasteiger charge is 2.60. The molecule has 0 aliphatic carbocycles. The number of nitrogen functional groups attached to an aromatic ring is 1. The lowest BCUT2D eigenvalue weighted by atomic mass is 9.79. The summed E-state index contributed by atoms with van der Waals surface area (Å²) in [7, 11) is 0. The number of hydrogen-bond donors (Lipinski definition) is 2. The molecule has 3 N–H and O–H groups in total. The van der Waals surface area contributed by atoms with E-state index >= 15 is 0 Å². The fourth-order valence-electron chi connectivity index (χ4n) is 8.17. The van der Waals surface area contributed by atoms with Gasteiger partial charge in [-0.05, 0) is 143 Å². The van der Waals surface area contributed by atoms with E-state index in [0.717, 1.165) is 24.4 Å². The van der Waals surface area contributed by atoms with Gasteiger partial charge in [-0.15, -0.1) is 0 Å². The second-order valence-corrected chi connectivity index (χ2v) is 17.6. The lowest BCUT2D eigenvalue weighted by Crippen LogP contribution is -2.44. The molecule has 3 unspecified atom stereocenters. The lowest BCUT2D eigenvalue weighted by molar-refractivity contribution is -0.185. The van der Waals surface area contributed by atoms with E-state index in [1.807, 2.05) is 64.2 Å². The molecule has 0 saturated carbocycles. The van der Waals surface area contributed by atoms with Gasteiger partial charge in [0.25, 0.3) is 0 Å². The van der Waals surface area contributed by atoms with E-state index in [1.54, 1.807) is 44.9 Å². The molecule has 19 heteroatoms. The van der Waals surface area contributed by atoms with Gasteiger partial charge in [-0.3, -0.25) is 5.84 Å². The van der Waals surface area contributed by atoms with Crippen LogP contribution in [0, 0.1) is 0 Å². The second kappa shape index (κ2) is 23.4. The van der Waals surface area contributed by atoms with Crippen LogP contribution in [-0.2, 0) is 25.0 Å². The first-order chi connectivity index (χ1) is 31.3. The Morgan fingerprint density at radius 3 is 1.42 bits per heavy atom. The zero-order chi connectivity index (χ0) is 48.3. The topological polar surface area (TPSA) is 90.0 Å².